The van der Waals surface area contributed by atoms with Crippen LogP contribution in [0.5, 0.6) is 11.5 Å². The van der Waals surface area contributed by atoms with E-state index in [9.17, 15) is 9.59 Å². The van der Waals surface area contributed by atoms with Gasteiger partial charge in [0.2, 0.25) is 11.8 Å². The van der Waals surface area contributed by atoms with Gasteiger partial charge in [-0.25, -0.2) is 0 Å². The molecular formula is C25H24N2O3. The van der Waals surface area contributed by atoms with Crippen molar-refractivity contribution in [1.29, 1.82) is 0 Å². The van der Waals surface area contributed by atoms with E-state index in [2.05, 4.69) is 5.32 Å². The van der Waals surface area contributed by atoms with Crippen molar-refractivity contribution in [3.63, 3.8) is 0 Å². The highest BCUT2D eigenvalue weighted by molar-refractivity contribution is 5.97. The number of hydrogen-bond acceptors (Lipinski definition) is 3. The first-order valence-electron chi connectivity index (χ1n) is 10.1. The summed E-state index contributed by atoms with van der Waals surface area (Å²) in [7, 11) is 0. The molecule has 1 aliphatic rings. The van der Waals surface area contributed by atoms with Gasteiger partial charge in [-0.15, -0.1) is 0 Å². The lowest BCUT2D eigenvalue weighted by Crippen LogP contribution is -2.30. The fraction of sp³-hybridized carbons (Fsp3) is 0.200. The van der Waals surface area contributed by atoms with Crippen molar-refractivity contribution >= 4 is 17.5 Å². The van der Waals surface area contributed by atoms with Crippen molar-refractivity contribution in [1.82, 2.24) is 4.90 Å². The van der Waals surface area contributed by atoms with Crippen LogP contribution in [0, 0.1) is 5.92 Å². The van der Waals surface area contributed by atoms with Gasteiger partial charge < -0.3 is 15.0 Å². The third-order valence-electron chi connectivity index (χ3n) is 5.38. The van der Waals surface area contributed by atoms with Crippen molar-refractivity contribution in [3.8, 4) is 11.5 Å². The predicted molar refractivity (Wildman–Crippen MR) is 116 cm³/mol. The molecule has 1 aliphatic heterocycles. The maximum Gasteiger partial charge on any atom is 0.229 e. The third kappa shape index (κ3) is 4.51. The first-order chi connectivity index (χ1) is 14.6. The van der Waals surface area contributed by atoms with Crippen LogP contribution >= 0.6 is 0 Å². The summed E-state index contributed by atoms with van der Waals surface area (Å²) in [4.78, 5) is 27.0. The molecule has 1 N–H and O–H groups in total. The predicted octanol–water partition coefficient (Wildman–Crippen LogP) is 5.03. The zero-order valence-corrected chi connectivity index (χ0v) is 16.8. The average molecular weight is 400 g/mol. The van der Waals surface area contributed by atoms with Gasteiger partial charge in [-0.1, -0.05) is 48.5 Å². The van der Waals surface area contributed by atoms with E-state index in [0.29, 0.717) is 18.0 Å². The minimum Gasteiger partial charge on any atom is -0.457 e. The molecule has 3 aromatic rings. The summed E-state index contributed by atoms with van der Waals surface area (Å²) in [6, 6.07) is 26.6. The van der Waals surface area contributed by atoms with Crippen LogP contribution in [0.1, 0.15) is 24.9 Å². The highest BCUT2D eigenvalue weighted by atomic mass is 16.5. The monoisotopic (exact) mass is 400 g/mol. The van der Waals surface area contributed by atoms with Crippen LogP contribution < -0.4 is 10.1 Å². The van der Waals surface area contributed by atoms with Gasteiger partial charge in [0.05, 0.1) is 12.0 Å². The number of amides is 2. The molecule has 5 nitrogen and oxygen atoms in total. The minimum absolute atomic E-state index is 0.0121. The van der Waals surface area contributed by atoms with Crippen LogP contribution in [0.3, 0.4) is 0 Å². The Morgan fingerprint density at radius 2 is 1.53 bits per heavy atom. The molecule has 2 amide bonds. The molecule has 0 spiro atoms. The molecule has 1 heterocycles. The molecule has 2 atom stereocenters. The first-order valence-corrected chi connectivity index (χ1v) is 10.1. The van der Waals surface area contributed by atoms with E-state index in [-0.39, 0.29) is 30.2 Å². The highest BCUT2D eigenvalue weighted by Crippen LogP contribution is 2.29. The Kier molecular flexibility index (Phi) is 5.80. The van der Waals surface area contributed by atoms with Crippen LogP contribution in [0.25, 0.3) is 0 Å². The van der Waals surface area contributed by atoms with Gasteiger partial charge in [0.1, 0.15) is 11.5 Å². The Balaban J connectivity index is 1.35. The smallest absolute Gasteiger partial charge is 0.229 e. The Bertz CT molecular complexity index is 1000. The number of para-hydroxylation sites is 1. The maximum atomic E-state index is 12.7. The number of nitrogens with one attached hydrogen (secondary N) is 1. The number of ether oxygens (including phenoxy) is 1. The molecule has 3 aromatic carbocycles. The van der Waals surface area contributed by atoms with E-state index in [1.807, 2.05) is 79.7 Å². The number of hydrogen-bond donors (Lipinski definition) is 1. The first kappa shape index (κ1) is 19.7. The quantitative estimate of drug-likeness (QED) is 0.632. The van der Waals surface area contributed by atoms with E-state index in [0.717, 1.165) is 11.3 Å². The third-order valence-corrected chi connectivity index (χ3v) is 5.38. The Labute approximate surface area is 176 Å². The topological polar surface area (TPSA) is 58.6 Å². The molecule has 0 saturated carbocycles. The number of carbonyl (C=O) groups is 2. The second-order valence-corrected chi connectivity index (χ2v) is 7.46. The number of benzene rings is 3. The largest absolute Gasteiger partial charge is 0.457 e. The Morgan fingerprint density at radius 1 is 0.933 bits per heavy atom. The molecule has 0 aromatic heterocycles. The molecule has 0 unspecified atom stereocenters. The number of anilines is 1. The van der Waals surface area contributed by atoms with Gasteiger partial charge in [-0.2, -0.15) is 0 Å². The van der Waals surface area contributed by atoms with Crippen molar-refractivity contribution < 1.29 is 14.3 Å². The highest BCUT2D eigenvalue weighted by Gasteiger charge is 2.37. The summed E-state index contributed by atoms with van der Waals surface area (Å²) in [6.45, 7) is 2.43. The molecule has 30 heavy (non-hydrogen) atoms. The van der Waals surface area contributed by atoms with Crippen molar-refractivity contribution in [2.24, 2.45) is 5.92 Å². The van der Waals surface area contributed by atoms with Gasteiger partial charge in [-0.3, -0.25) is 9.59 Å². The Morgan fingerprint density at radius 3 is 2.20 bits per heavy atom. The van der Waals surface area contributed by atoms with Gasteiger partial charge in [0, 0.05) is 18.7 Å². The summed E-state index contributed by atoms with van der Waals surface area (Å²) in [5.74, 6) is 0.967. The number of rotatable bonds is 6. The fourth-order valence-electron chi connectivity index (χ4n) is 3.67. The molecule has 5 heteroatoms. The zero-order chi connectivity index (χ0) is 20.9. The average Bonchev–Trinajstić information content (AvgIpc) is 3.18. The fourth-order valence-corrected chi connectivity index (χ4v) is 3.67. The van der Waals surface area contributed by atoms with Gasteiger partial charge in [0.15, 0.2) is 0 Å². The lowest BCUT2D eigenvalue weighted by molar-refractivity contribution is -0.129. The van der Waals surface area contributed by atoms with E-state index in [1.54, 1.807) is 17.0 Å². The summed E-state index contributed by atoms with van der Waals surface area (Å²) >= 11 is 0. The van der Waals surface area contributed by atoms with E-state index in [1.165, 1.54) is 0 Å². The lowest BCUT2D eigenvalue weighted by Gasteiger charge is -2.25. The molecule has 0 radical (unpaired) electrons. The molecule has 4 rings (SSSR count). The zero-order valence-electron chi connectivity index (χ0n) is 16.8. The van der Waals surface area contributed by atoms with E-state index < -0.39 is 0 Å². The standard InChI is InChI=1S/C25H24N2O3/c1-18(19-8-4-2-5-9-19)27-17-20(16-24(27)28)25(29)26-21-12-14-23(15-13-21)30-22-10-6-3-7-11-22/h2-15,18,20H,16-17H2,1H3,(H,26,29)/t18-,20-/m0/s1. The second kappa shape index (κ2) is 8.82. The van der Waals surface area contributed by atoms with Gasteiger partial charge >= 0.3 is 0 Å². The maximum absolute atomic E-state index is 12.7. The summed E-state index contributed by atoms with van der Waals surface area (Å²) in [5.41, 5.74) is 1.75. The molecule has 152 valence electrons. The number of likely N-dealkylation sites (tertiary alicyclic amines) is 1. The van der Waals surface area contributed by atoms with Gasteiger partial charge in [0.25, 0.3) is 0 Å². The Hall–Kier alpha value is -3.60. The van der Waals surface area contributed by atoms with Crippen LogP contribution in [-0.2, 0) is 9.59 Å². The van der Waals surface area contributed by atoms with Crippen LogP contribution in [-0.4, -0.2) is 23.3 Å². The molecule has 1 saturated heterocycles. The summed E-state index contributed by atoms with van der Waals surface area (Å²) < 4.78 is 5.77. The van der Waals surface area contributed by atoms with Crippen LogP contribution in [0.2, 0.25) is 0 Å². The van der Waals surface area contributed by atoms with Crippen molar-refractivity contribution in [2.75, 3.05) is 11.9 Å². The number of carbonyl (C=O) groups excluding carboxylic acids is 2. The number of nitrogens with zero attached hydrogens (tertiary/aromatic N) is 1. The molecule has 1 fully saturated rings. The lowest BCUT2D eigenvalue weighted by atomic mass is 10.1. The second-order valence-electron chi connectivity index (χ2n) is 7.46. The molecule has 0 bridgehead atoms. The summed E-state index contributed by atoms with van der Waals surface area (Å²) in [6.07, 6.45) is 0.234. The van der Waals surface area contributed by atoms with Gasteiger partial charge in [-0.05, 0) is 48.9 Å². The van der Waals surface area contributed by atoms with Crippen LogP contribution in [0.4, 0.5) is 5.69 Å². The summed E-state index contributed by atoms with van der Waals surface area (Å²) in [5, 5.41) is 2.92. The normalized spacial score (nSPS) is 16.9. The van der Waals surface area contributed by atoms with Crippen LogP contribution in [0.15, 0.2) is 84.9 Å². The van der Waals surface area contributed by atoms with Crippen molar-refractivity contribution in [2.45, 2.75) is 19.4 Å². The van der Waals surface area contributed by atoms with E-state index >= 15 is 0 Å². The molecular weight excluding hydrogens is 376 g/mol. The molecule has 0 aliphatic carbocycles. The SMILES string of the molecule is C[C@@H](c1ccccc1)N1C[C@@H](C(=O)Nc2ccc(Oc3ccccc3)cc2)CC1=O. The van der Waals surface area contributed by atoms with Crippen molar-refractivity contribution in [3.05, 3.63) is 90.5 Å². The van der Waals surface area contributed by atoms with E-state index in [4.69, 9.17) is 4.74 Å². The minimum atomic E-state index is -0.357.